The molecule has 0 N–H and O–H groups in total. The van der Waals surface area contributed by atoms with E-state index < -0.39 is 5.97 Å². The lowest BCUT2D eigenvalue weighted by Gasteiger charge is -2.09. The van der Waals surface area contributed by atoms with Crippen molar-refractivity contribution in [2.45, 2.75) is 20.5 Å². The van der Waals surface area contributed by atoms with Gasteiger partial charge in [-0.15, -0.1) is 0 Å². The third-order valence-electron chi connectivity index (χ3n) is 4.12. The van der Waals surface area contributed by atoms with E-state index in [1.807, 2.05) is 26.0 Å². The molecule has 0 aliphatic carbocycles. The van der Waals surface area contributed by atoms with Crippen LogP contribution in [0, 0.1) is 6.92 Å². The maximum Gasteiger partial charge on any atom is 0.331 e. The lowest BCUT2D eigenvalue weighted by Crippen LogP contribution is -2.16. The molecule has 0 atom stereocenters. The first kappa shape index (κ1) is 20.1. The number of hydrogen-bond donors (Lipinski definition) is 0. The van der Waals surface area contributed by atoms with Gasteiger partial charge in [-0.05, 0) is 49.2 Å². The number of fused-ring (bicyclic) bond motifs is 1. The minimum absolute atomic E-state index is 0.0879. The lowest BCUT2D eigenvalue weighted by molar-refractivity contribution is -0.139. The number of rotatable bonds is 7. The zero-order valence-corrected chi connectivity index (χ0v) is 16.5. The SMILES string of the molecule is CCOc1ccc(/C=C/C(=O)OCc2cc(=O)n3cc(C)ccc3n2)cc1OC. The fraction of sp³-hybridized carbons (Fsp3) is 0.227. The second-order valence-corrected chi connectivity index (χ2v) is 6.30. The number of aryl methyl sites for hydroxylation is 1. The summed E-state index contributed by atoms with van der Waals surface area (Å²) in [5.41, 5.74) is 2.40. The van der Waals surface area contributed by atoms with Gasteiger partial charge in [-0.25, -0.2) is 9.78 Å². The maximum absolute atomic E-state index is 12.2. The summed E-state index contributed by atoms with van der Waals surface area (Å²) in [5.74, 6) is 0.681. The summed E-state index contributed by atoms with van der Waals surface area (Å²) in [7, 11) is 1.56. The molecule has 0 bridgehead atoms. The van der Waals surface area contributed by atoms with Gasteiger partial charge in [0.1, 0.15) is 12.3 Å². The molecular weight excluding hydrogens is 372 g/mol. The van der Waals surface area contributed by atoms with Gasteiger partial charge in [0.05, 0.1) is 19.4 Å². The fourth-order valence-corrected chi connectivity index (χ4v) is 2.75. The molecule has 7 heteroatoms. The van der Waals surface area contributed by atoms with Crippen molar-refractivity contribution in [3.05, 3.63) is 75.8 Å². The van der Waals surface area contributed by atoms with E-state index in [1.165, 1.54) is 16.5 Å². The summed E-state index contributed by atoms with van der Waals surface area (Å²) in [6.07, 6.45) is 4.65. The molecule has 0 aliphatic heterocycles. The average molecular weight is 394 g/mol. The third-order valence-corrected chi connectivity index (χ3v) is 4.12. The Labute approximate surface area is 168 Å². The number of esters is 1. The molecule has 29 heavy (non-hydrogen) atoms. The number of carbonyl (C=O) groups is 1. The highest BCUT2D eigenvalue weighted by Gasteiger charge is 2.07. The highest BCUT2D eigenvalue weighted by atomic mass is 16.5. The van der Waals surface area contributed by atoms with Crippen LogP contribution < -0.4 is 15.0 Å². The van der Waals surface area contributed by atoms with Gasteiger partial charge in [0.2, 0.25) is 0 Å². The Morgan fingerprint density at radius 1 is 1.17 bits per heavy atom. The molecule has 2 aromatic heterocycles. The second kappa shape index (κ2) is 9.05. The second-order valence-electron chi connectivity index (χ2n) is 6.30. The quantitative estimate of drug-likeness (QED) is 0.452. The zero-order chi connectivity index (χ0) is 20.8. The summed E-state index contributed by atoms with van der Waals surface area (Å²) in [4.78, 5) is 28.6. The molecule has 0 radical (unpaired) electrons. The minimum atomic E-state index is -0.538. The highest BCUT2D eigenvalue weighted by Crippen LogP contribution is 2.28. The van der Waals surface area contributed by atoms with Crippen LogP contribution in [0.1, 0.15) is 23.7 Å². The number of methoxy groups -OCH3 is 1. The Morgan fingerprint density at radius 3 is 2.76 bits per heavy atom. The Bertz CT molecular complexity index is 1120. The van der Waals surface area contributed by atoms with Gasteiger partial charge >= 0.3 is 5.97 Å². The zero-order valence-electron chi connectivity index (χ0n) is 16.5. The normalized spacial score (nSPS) is 11.0. The molecule has 0 unspecified atom stereocenters. The molecule has 0 saturated carbocycles. The van der Waals surface area contributed by atoms with Gasteiger partial charge in [0.25, 0.3) is 5.56 Å². The summed E-state index contributed by atoms with van der Waals surface area (Å²) >= 11 is 0. The van der Waals surface area contributed by atoms with E-state index in [-0.39, 0.29) is 12.2 Å². The van der Waals surface area contributed by atoms with Crippen molar-refractivity contribution in [1.82, 2.24) is 9.38 Å². The van der Waals surface area contributed by atoms with Crippen molar-refractivity contribution in [2.75, 3.05) is 13.7 Å². The van der Waals surface area contributed by atoms with E-state index in [2.05, 4.69) is 4.98 Å². The lowest BCUT2D eigenvalue weighted by atomic mass is 10.2. The molecular formula is C22H22N2O5. The number of benzene rings is 1. The van der Waals surface area contributed by atoms with Crippen molar-refractivity contribution in [1.29, 1.82) is 0 Å². The van der Waals surface area contributed by atoms with Crippen LogP contribution in [0.25, 0.3) is 11.7 Å². The predicted octanol–water partition coefficient (Wildman–Crippen LogP) is 3.17. The van der Waals surface area contributed by atoms with Gasteiger partial charge < -0.3 is 14.2 Å². The van der Waals surface area contributed by atoms with Gasteiger partial charge in [0, 0.05) is 18.3 Å². The number of carbonyl (C=O) groups excluding carboxylic acids is 1. The minimum Gasteiger partial charge on any atom is -0.493 e. The first-order chi connectivity index (χ1) is 14.0. The largest absolute Gasteiger partial charge is 0.493 e. The Balaban J connectivity index is 1.66. The van der Waals surface area contributed by atoms with Crippen molar-refractivity contribution < 1.29 is 19.0 Å². The van der Waals surface area contributed by atoms with Crippen LogP contribution in [0.5, 0.6) is 11.5 Å². The first-order valence-corrected chi connectivity index (χ1v) is 9.14. The van der Waals surface area contributed by atoms with E-state index in [1.54, 1.807) is 37.6 Å². The molecule has 1 aromatic carbocycles. The smallest absolute Gasteiger partial charge is 0.331 e. The van der Waals surface area contributed by atoms with E-state index in [9.17, 15) is 9.59 Å². The number of hydrogen-bond acceptors (Lipinski definition) is 6. The Kier molecular flexibility index (Phi) is 6.29. The molecule has 150 valence electrons. The predicted molar refractivity (Wildman–Crippen MR) is 109 cm³/mol. The van der Waals surface area contributed by atoms with Crippen LogP contribution in [0.2, 0.25) is 0 Å². The number of nitrogens with zero attached hydrogens (tertiary/aromatic N) is 2. The molecule has 0 fully saturated rings. The monoisotopic (exact) mass is 394 g/mol. The van der Waals surface area contributed by atoms with Gasteiger partial charge in [-0.3, -0.25) is 9.20 Å². The topological polar surface area (TPSA) is 79.1 Å². The van der Waals surface area contributed by atoms with Crippen molar-refractivity contribution in [3.8, 4) is 11.5 Å². The van der Waals surface area contributed by atoms with Crippen LogP contribution in [0.3, 0.4) is 0 Å². The van der Waals surface area contributed by atoms with E-state index >= 15 is 0 Å². The molecule has 0 spiro atoms. The molecule has 0 saturated heterocycles. The van der Waals surface area contributed by atoms with Crippen LogP contribution >= 0.6 is 0 Å². The van der Waals surface area contributed by atoms with E-state index in [0.717, 1.165) is 11.1 Å². The molecule has 7 nitrogen and oxygen atoms in total. The first-order valence-electron chi connectivity index (χ1n) is 9.14. The van der Waals surface area contributed by atoms with Crippen LogP contribution in [0.4, 0.5) is 0 Å². The molecule has 0 amide bonds. The van der Waals surface area contributed by atoms with Gasteiger partial charge in [-0.2, -0.15) is 0 Å². The number of aromatic nitrogens is 2. The fourth-order valence-electron chi connectivity index (χ4n) is 2.75. The summed E-state index contributed by atoms with van der Waals surface area (Å²) in [5, 5.41) is 0. The summed E-state index contributed by atoms with van der Waals surface area (Å²) in [6, 6.07) is 10.3. The summed E-state index contributed by atoms with van der Waals surface area (Å²) < 4.78 is 17.4. The Hall–Kier alpha value is -3.61. The standard InChI is InChI=1S/C22H22N2O5/c1-4-28-18-8-6-16(11-19(18)27-3)7-10-22(26)29-14-17-12-21(25)24-13-15(2)5-9-20(24)23-17/h5-13H,4,14H2,1-3H3/b10-7+. The third kappa shape index (κ3) is 5.01. The van der Waals surface area contributed by atoms with Crippen LogP contribution in [-0.4, -0.2) is 29.1 Å². The van der Waals surface area contributed by atoms with Crippen LogP contribution in [0.15, 0.2) is 53.5 Å². The van der Waals surface area contributed by atoms with Crippen molar-refractivity contribution >= 4 is 17.7 Å². The number of pyridine rings is 1. The molecule has 0 aliphatic rings. The van der Waals surface area contributed by atoms with Crippen LogP contribution in [-0.2, 0) is 16.1 Å². The van der Waals surface area contributed by atoms with Gasteiger partial charge in [-0.1, -0.05) is 12.1 Å². The van der Waals surface area contributed by atoms with Crippen molar-refractivity contribution in [3.63, 3.8) is 0 Å². The van der Waals surface area contributed by atoms with Gasteiger partial charge in [0.15, 0.2) is 11.5 Å². The van der Waals surface area contributed by atoms with E-state index in [0.29, 0.717) is 29.4 Å². The van der Waals surface area contributed by atoms with Crippen molar-refractivity contribution in [2.24, 2.45) is 0 Å². The average Bonchev–Trinajstić information content (AvgIpc) is 2.72. The molecule has 3 aromatic rings. The summed E-state index contributed by atoms with van der Waals surface area (Å²) in [6.45, 7) is 4.23. The molecule has 2 heterocycles. The molecule has 3 rings (SSSR count). The maximum atomic E-state index is 12.2. The van der Waals surface area contributed by atoms with E-state index in [4.69, 9.17) is 14.2 Å². The number of ether oxygens (including phenoxy) is 3. The highest BCUT2D eigenvalue weighted by molar-refractivity contribution is 5.87. The Morgan fingerprint density at radius 2 is 2.00 bits per heavy atom.